The van der Waals surface area contributed by atoms with Gasteiger partial charge in [0, 0.05) is 19.0 Å². The van der Waals surface area contributed by atoms with Gasteiger partial charge in [0.05, 0.1) is 0 Å². The summed E-state index contributed by atoms with van der Waals surface area (Å²) in [6, 6.07) is 0.567. The largest absolute Gasteiger partial charge is 0.409 e. The maximum absolute atomic E-state index is 8.41. The van der Waals surface area contributed by atoms with E-state index in [-0.39, 0.29) is 0 Å². The minimum atomic E-state index is 0.302. The molecule has 1 fully saturated rings. The van der Waals surface area contributed by atoms with Crippen LogP contribution < -0.4 is 11.1 Å². The highest BCUT2D eigenvalue weighted by Crippen LogP contribution is 2.35. The number of nitrogens with one attached hydrogen (secondary N) is 1. The average Bonchev–Trinajstić information content (AvgIpc) is 2.20. The van der Waals surface area contributed by atoms with Gasteiger partial charge in [0.25, 0.3) is 0 Å². The molecule has 1 aliphatic rings. The predicted octanol–water partition coefficient (Wildman–Crippen LogP) is 1.68. The first kappa shape index (κ1) is 12.3. The summed E-state index contributed by atoms with van der Waals surface area (Å²) in [7, 11) is 0. The zero-order chi connectivity index (χ0) is 11.3. The fourth-order valence-electron chi connectivity index (χ4n) is 2.30. The maximum atomic E-state index is 8.41. The molecule has 4 nitrogen and oxygen atoms in total. The lowest BCUT2D eigenvalue weighted by Gasteiger charge is -2.39. The fourth-order valence-corrected chi connectivity index (χ4v) is 2.30. The molecule has 1 atom stereocenters. The predicted molar refractivity (Wildman–Crippen MR) is 62.1 cm³/mol. The van der Waals surface area contributed by atoms with E-state index in [0.29, 0.717) is 23.7 Å². The summed E-state index contributed by atoms with van der Waals surface area (Å²) >= 11 is 0. The van der Waals surface area contributed by atoms with Crippen molar-refractivity contribution in [2.45, 2.75) is 52.0 Å². The second-order valence-corrected chi connectivity index (χ2v) is 5.08. The molecule has 4 N–H and O–H groups in total. The van der Waals surface area contributed by atoms with E-state index in [2.05, 4.69) is 24.3 Å². The fraction of sp³-hybridized carbons (Fsp3) is 0.909. The van der Waals surface area contributed by atoms with E-state index < -0.39 is 0 Å². The zero-order valence-electron chi connectivity index (χ0n) is 9.79. The zero-order valence-corrected chi connectivity index (χ0v) is 9.79. The maximum Gasteiger partial charge on any atom is 0.140 e. The third-order valence-corrected chi connectivity index (χ3v) is 3.41. The van der Waals surface area contributed by atoms with E-state index in [1.165, 1.54) is 25.7 Å². The Morgan fingerprint density at radius 3 is 2.87 bits per heavy atom. The lowest BCUT2D eigenvalue weighted by Crippen LogP contribution is -2.45. The minimum Gasteiger partial charge on any atom is -0.409 e. The Balaban J connectivity index is 2.30. The number of hydrogen-bond donors (Lipinski definition) is 3. The van der Waals surface area contributed by atoms with Gasteiger partial charge in [0.2, 0.25) is 0 Å². The summed E-state index contributed by atoms with van der Waals surface area (Å²) in [5.74, 6) is 0.302. The van der Waals surface area contributed by atoms with Gasteiger partial charge < -0.3 is 16.3 Å². The molecule has 0 aromatic carbocycles. The Bertz CT molecular complexity index is 226. The first-order valence-electron chi connectivity index (χ1n) is 5.76. The van der Waals surface area contributed by atoms with Crippen LogP contribution in [0.5, 0.6) is 0 Å². The minimum absolute atomic E-state index is 0.302. The molecule has 0 aromatic rings. The quantitative estimate of drug-likeness (QED) is 0.288. The highest BCUT2D eigenvalue weighted by molar-refractivity contribution is 5.79. The van der Waals surface area contributed by atoms with Crippen molar-refractivity contribution >= 4 is 5.84 Å². The van der Waals surface area contributed by atoms with Crippen LogP contribution in [-0.4, -0.2) is 23.6 Å². The SMILES string of the molecule is CC1(C)CCCCC1NCCC(N)=NO. The molecule has 0 aliphatic heterocycles. The molecule has 0 aromatic heterocycles. The second-order valence-electron chi connectivity index (χ2n) is 5.08. The third kappa shape index (κ3) is 3.70. The van der Waals surface area contributed by atoms with Gasteiger partial charge in [-0.3, -0.25) is 0 Å². The highest BCUT2D eigenvalue weighted by atomic mass is 16.4. The lowest BCUT2D eigenvalue weighted by molar-refractivity contribution is 0.169. The van der Waals surface area contributed by atoms with E-state index in [9.17, 15) is 0 Å². The van der Waals surface area contributed by atoms with Gasteiger partial charge >= 0.3 is 0 Å². The van der Waals surface area contributed by atoms with E-state index in [1.54, 1.807) is 0 Å². The average molecular weight is 213 g/mol. The normalized spacial score (nSPS) is 26.5. The number of rotatable bonds is 4. The van der Waals surface area contributed by atoms with Crippen molar-refractivity contribution in [1.82, 2.24) is 5.32 Å². The molecular formula is C11H23N3O. The summed E-state index contributed by atoms with van der Waals surface area (Å²) in [4.78, 5) is 0. The van der Waals surface area contributed by atoms with Crippen molar-refractivity contribution in [3.05, 3.63) is 0 Å². The molecule has 0 bridgehead atoms. The van der Waals surface area contributed by atoms with Crippen LogP contribution in [0.2, 0.25) is 0 Å². The molecule has 0 heterocycles. The van der Waals surface area contributed by atoms with E-state index >= 15 is 0 Å². The van der Waals surface area contributed by atoms with Gasteiger partial charge in [0.15, 0.2) is 0 Å². The van der Waals surface area contributed by atoms with Crippen LogP contribution in [0.4, 0.5) is 0 Å². The molecule has 0 saturated heterocycles. The number of nitrogens with zero attached hydrogens (tertiary/aromatic N) is 1. The lowest BCUT2D eigenvalue weighted by atomic mass is 9.73. The number of nitrogens with two attached hydrogens (primary N) is 1. The number of hydrogen-bond acceptors (Lipinski definition) is 3. The van der Waals surface area contributed by atoms with Crippen LogP contribution in [0.1, 0.15) is 46.0 Å². The Kier molecular flexibility index (Phi) is 4.39. The smallest absolute Gasteiger partial charge is 0.140 e. The standard InChI is InChI=1S/C11H23N3O/c1-11(2)7-4-3-5-9(11)13-8-6-10(12)14-15/h9,13,15H,3-8H2,1-2H3,(H2,12,14). The summed E-state index contributed by atoms with van der Waals surface area (Å²) in [5.41, 5.74) is 5.79. The van der Waals surface area contributed by atoms with Crippen molar-refractivity contribution in [1.29, 1.82) is 0 Å². The van der Waals surface area contributed by atoms with Crippen LogP contribution >= 0.6 is 0 Å². The molecule has 1 saturated carbocycles. The van der Waals surface area contributed by atoms with Gasteiger partial charge in [-0.25, -0.2) is 0 Å². The van der Waals surface area contributed by atoms with Crippen molar-refractivity contribution in [2.75, 3.05) is 6.54 Å². The van der Waals surface area contributed by atoms with Crippen molar-refractivity contribution in [3.63, 3.8) is 0 Å². The van der Waals surface area contributed by atoms with Crippen molar-refractivity contribution < 1.29 is 5.21 Å². The van der Waals surface area contributed by atoms with E-state index in [0.717, 1.165) is 6.54 Å². The van der Waals surface area contributed by atoms with Gasteiger partial charge in [-0.2, -0.15) is 0 Å². The Labute approximate surface area is 91.9 Å². The van der Waals surface area contributed by atoms with Crippen LogP contribution in [0.15, 0.2) is 5.16 Å². The summed E-state index contributed by atoms with van der Waals surface area (Å²) in [6.07, 6.45) is 5.79. The Morgan fingerprint density at radius 1 is 1.53 bits per heavy atom. The molecule has 4 heteroatoms. The van der Waals surface area contributed by atoms with Gasteiger partial charge in [-0.15, -0.1) is 0 Å². The molecule has 1 aliphatic carbocycles. The number of oxime groups is 1. The first-order chi connectivity index (χ1) is 7.06. The molecular weight excluding hydrogens is 190 g/mol. The molecule has 0 radical (unpaired) electrons. The van der Waals surface area contributed by atoms with Gasteiger partial charge in [0.1, 0.15) is 5.84 Å². The molecule has 0 amide bonds. The van der Waals surface area contributed by atoms with E-state index in [4.69, 9.17) is 10.9 Å². The highest BCUT2D eigenvalue weighted by Gasteiger charge is 2.31. The topological polar surface area (TPSA) is 70.6 Å². The number of amidine groups is 1. The van der Waals surface area contributed by atoms with Crippen LogP contribution in [0.3, 0.4) is 0 Å². The van der Waals surface area contributed by atoms with Crippen molar-refractivity contribution in [3.8, 4) is 0 Å². The third-order valence-electron chi connectivity index (χ3n) is 3.41. The first-order valence-corrected chi connectivity index (χ1v) is 5.76. The van der Waals surface area contributed by atoms with E-state index in [1.807, 2.05) is 0 Å². The van der Waals surface area contributed by atoms with Crippen LogP contribution in [0, 0.1) is 5.41 Å². The van der Waals surface area contributed by atoms with Crippen molar-refractivity contribution in [2.24, 2.45) is 16.3 Å². The van der Waals surface area contributed by atoms with Gasteiger partial charge in [-0.1, -0.05) is 31.8 Å². The van der Waals surface area contributed by atoms with Crippen LogP contribution in [0.25, 0.3) is 0 Å². The van der Waals surface area contributed by atoms with Gasteiger partial charge in [-0.05, 0) is 18.3 Å². The summed E-state index contributed by atoms with van der Waals surface area (Å²) in [6.45, 7) is 5.42. The molecule has 0 spiro atoms. The molecule has 1 rings (SSSR count). The summed E-state index contributed by atoms with van der Waals surface area (Å²) in [5, 5.41) is 14.9. The molecule has 15 heavy (non-hydrogen) atoms. The monoisotopic (exact) mass is 213 g/mol. The summed E-state index contributed by atoms with van der Waals surface area (Å²) < 4.78 is 0. The second kappa shape index (κ2) is 5.35. The van der Waals surface area contributed by atoms with Crippen LogP contribution in [-0.2, 0) is 0 Å². The molecule has 88 valence electrons. The Hall–Kier alpha value is -0.770. The Morgan fingerprint density at radius 2 is 2.27 bits per heavy atom. The molecule has 1 unspecified atom stereocenters.